The van der Waals surface area contributed by atoms with E-state index in [9.17, 15) is 4.79 Å². The molecule has 25 heavy (non-hydrogen) atoms. The first-order valence-electron chi connectivity index (χ1n) is 8.77. The van der Waals surface area contributed by atoms with Gasteiger partial charge in [-0.15, -0.1) is 0 Å². The topological polar surface area (TPSA) is 57.2 Å². The number of ether oxygens (including phenoxy) is 4. The Morgan fingerprint density at radius 1 is 1.36 bits per heavy atom. The van der Waals surface area contributed by atoms with Crippen LogP contribution in [0, 0.1) is 0 Å². The van der Waals surface area contributed by atoms with Crippen LogP contribution in [0.2, 0.25) is 0 Å². The molecule has 132 valence electrons. The molecule has 1 aliphatic carbocycles. The van der Waals surface area contributed by atoms with Gasteiger partial charge in [-0.25, -0.2) is 0 Å². The molecule has 5 rings (SSSR count). The summed E-state index contributed by atoms with van der Waals surface area (Å²) in [6, 6.07) is 2.34. The quantitative estimate of drug-likeness (QED) is 0.607. The molecule has 0 amide bonds. The van der Waals surface area contributed by atoms with Gasteiger partial charge in [-0.3, -0.25) is 9.69 Å². The largest absolute Gasteiger partial charge is 0.492 e. The van der Waals surface area contributed by atoms with Crippen LogP contribution < -0.4 is 14.2 Å². The molecule has 3 unspecified atom stereocenters. The van der Waals surface area contributed by atoms with Crippen molar-refractivity contribution < 1.29 is 23.7 Å². The first kappa shape index (κ1) is 15.1. The van der Waals surface area contributed by atoms with Crippen LogP contribution in [0.15, 0.2) is 17.7 Å². The molecule has 0 bridgehead atoms. The standard InChI is InChI=1S/C19H21NO5/c1-10(21)25-13-4-3-11-5-6-20-8-12-7-14-18(24-9-23-14)19(22-2)15(12)16(13)17(11)20/h3,7,13,16-17H,4-6,8-9H2,1-2H3. The number of carbonyl (C=O) groups excluding carboxylic acids is 1. The third kappa shape index (κ3) is 2.10. The Morgan fingerprint density at radius 2 is 2.24 bits per heavy atom. The van der Waals surface area contributed by atoms with E-state index in [4.69, 9.17) is 18.9 Å². The summed E-state index contributed by atoms with van der Waals surface area (Å²) in [5.41, 5.74) is 3.76. The molecular weight excluding hydrogens is 322 g/mol. The molecule has 1 saturated heterocycles. The van der Waals surface area contributed by atoms with Gasteiger partial charge in [0.05, 0.1) is 7.11 Å². The zero-order valence-electron chi connectivity index (χ0n) is 14.4. The Morgan fingerprint density at radius 3 is 3.04 bits per heavy atom. The van der Waals surface area contributed by atoms with Crippen LogP contribution in [0.3, 0.4) is 0 Å². The molecule has 6 heteroatoms. The van der Waals surface area contributed by atoms with Crippen LogP contribution in [0.25, 0.3) is 0 Å². The zero-order valence-corrected chi connectivity index (χ0v) is 14.4. The number of esters is 1. The van der Waals surface area contributed by atoms with E-state index in [-0.39, 0.29) is 30.8 Å². The molecule has 6 nitrogen and oxygen atoms in total. The van der Waals surface area contributed by atoms with E-state index in [1.165, 1.54) is 18.1 Å². The molecule has 1 aromatic rings. The molecule has 3 atom stereocenters. The summed E-state index contributed by atoms with van der Waals surface area (Å²) in [7, 11) is 1.67. The van der Waals surface area contributed by atoms with Gasteiger partial charge >= 0.3 is 5.97 Å². The lowest BCUT2D eigenvalue weighted by molar-refractivity contribution is -0.148. The number of rotatable bonds is 2. The van der Waals surface area contributed by atoms with Gasteiger partial charge in [0.1, 0.15) is 6.10 Å². The lowest BCUT2D eigenvalue weighted by Gasteiger charge is -2.44. The van der Waals surface area contributed by atoms with Crippen molar-refractivity contribution in [1.82, 2.24) is 4.90 Å². The molecule has 0 spiro atoms. The van der Waals surface area contributed by atoms with Crippen molar-refractivity contribution in [3.8, 4) is 17.2 Å². The van der Waals surface area contributed by atoms with Gasteiger partial charge in [-0.2, -0.15) is 0 Å². The number of benzene rings is 1. The number of carbonyl (C=O) groups is 1. The average molecular weight is 343 g/mol. The van der Waals surface area contributed by atoms with Crippen molar-refractivity contribution in [3.05, 3.63) is 28.8 Å². The normalized spacial score (nSPS) is 28.9. The molecule has 1 aromatic carbocycles. The average Bonchev–Trinajstić information content (AvgIpc) is 3.21. The summed E-state index contributed by atoms with van der Waals surface area (Å²) in [6.07, 6.45) is 3.91. The highest BCUT2D eigenvalue weighted by atomic mass is 16.7. The van der Waals surface area contributed by atoms with Crippen molar-refractivity contribution in [2.75, 3.05) is 20.4 Å². The Hall–Kier alpha value is -2.21. The van der Waals surface area contributed by atoms with Gasteiger partial charge in [0.15, 0.2) is 11.5 Å². The molecular formula is C19H21NO5. The third-order valence-electron chi connectivity index (χ3n) is 5.79. The van der Waals surface area contributed by atoms with E-state index < -0.39 is 0 Å². The maximum atomic E-state index is 11.7. The van der Waals surface area contributed by atoms with Crippen LogP contribution in [0.1, 0.15) is 36.8 Å². The van der Waals surface area contributed by atoms with Crippen LogP contribution in [0.4, 0.5) is 0 Å². The van der Waals surface area contributed by atoms with Gasteiger partial charge in [0.25, 0.3) is 0 Å². The second-order valence-corrected chi connectivity index (χ2v) is 7.07. The highest BCUT2D eigenvalue weighted by Crippen LogP contribution is 2.55. The Kier molecular flexibility index (Phi) is 3.25. The van der Waals surface area contributed by atoms with Gasteiger partial charge in [0.2, 0.25) is 12.5 Å². The number of nitrogens with zero attached hydrogens (tertiary/aromatic N) is 1. The Bertz CT molecular complexity index is 787. The zero-order chi connectivity index (χ0) is 17.1. The van der Waals surface area contributed by atoms with E-state index in [1.807, 2.05) is 0 Å². The van der Waals surface area contributed by atoms with Crippen LogP contribution in [-0.2, 0) is 16.1 Å². The second kappa shape index (κ2) is 5.39. The molecule has 3 heterocycles. The van der Waals surface area contributed by atoms with Gasteiger partial charge in [0, 0.05) is 44.0 Å². The SMILES string of the molecule is COc1c2c(cc3c1C1C(OC(C)=O)CC=C4CCN(C3)C41)OCO2. The molecule has 3 aliphatic heterocycles. The lowest BCUT2D eigenvalue weighted by Crippen LogP contribution is -2.47. The summed E-state index contributed by atoms with van der Waals surface area (Å²) < 4.78 is 22.8. The maximum absolute atomic E-state index is 11.7. The van der Waals surface area contributed by atoms with E-state index in [1.54, 1.807) is 7.11 Å². The minimum Gasteiger partial charge on any atom is -0.492 e. The fourth-order valence-corrected chi connectivity index (χ4v) is 4.94. The summed E-state index contributed by atoms with van der Waals surface area (Å²) in [5.74, 6) is 1.98. The highest BCUT2D eigenvalue weighted by molar-refractivity contribution is 5.67. The van der Waals surface area contributed by atoms with Crippen molar-refractivity contribution in [3.63, 3.8) is 0 Å². The molecule has 4 aliphatic rings. The monoisotopic (exact) mass is 343 g/mol. The predicted molar refractivity (Wildman–Crippen MR) is 88.9 cm³/mol. The highest BCUT2D eigenvalue weighted by Gasteiger charge is 2.49. The molecule has 1 fully saturated rings. The summed E-state index contributed by atoms with van der Waals surface area (Å²) >= 11 is 0. The predicted octanol–water partition coefficient (Wildman–Crippen LogP) is 2.36. The van der Waals surface area contributed by atoms with Crippen molar-refractivity contribution in [1.29, 1.82) is 0 Å². The maximum Gasteiger partial charge on any atom is 0.302 e. The third-order valence-corrected chi connectivity index (χ3v) is 5.79. The molecule has 0 aromatic heterocycles. The summed E-state index contributed by atoms with van der Waals surface area (Å²) in [5, 5.41) is 0. The minimum absolute atomic E-state index is 0.0691. The lowest BCUT2D eigenvalue weighted by atomic mass is 9.73. The molecule has 0 N–H and O–H groups in total. The number of methoxy groups -OCH3 is 1. The molecule has 0 saturated carbocycles. The first-order valence-corrected chi connectivity index (χ1v) is 8.77. The fraction of sp³-hybridized carbons (Fsp3) is 0.526. The van der Waals surface area contributed by atoms with Crippen molar-refractivity contribution in [2.24, 2.45) is 0 Å². The molecule has 0 radical (unpaired) electrons. The van der Waals surface area contributed by atoms with E-state index in [0.29, 0.717) is 5.75 Å². The van der Waals surface area contributed by atoms with E-state index in [0.717, 1.165) is 43.0 Å². The first-order chi connectivity index (χ1) is 12.2. The van der Waals surface area contributed by atoms with Gasteiger partial charge in [-0.05, 0) is 18.1 Å². The van der Waals surface area contributed by atoms with Crippen LogP contribution in [-0.4, -0.2) is 43.5 Å². The summed E-state index contributed by atoms with van der Waals surface area (Å²) in [6.45, 7) is 3.58. The Labute approximate surface area is 146 Å². The number of hydrogen-bond acceptors (Lipinski definition) is 6. The fourth-order valence-electron chi connectivity index (χ4n) is 4.94. The summed E-state index contributed by atoms with van der Waals surface area (Å²) in [4.78, 5) is 14.2. The van der Waals surface area contributed by atoms with Crippen molar-refractivity contribution in [2.45, 2.75) is 44.4 Å². The smallest absolute Gasteiger partial charge is 0.302 e. The van der Waals surface area contributed by atoms with Gasteiger partial charge in [-0.1, -0.05) is 11.6 Å². The van der Waals surface area contributed by atoms with Crippen LogP contribution in [0.5, 0.6) is 17.2 Å². The number of hydrogen-bond donors (Lipinski definition) is 0. The van der Waals surface area contributed by atoms with E-state index in [2.05, 4.69) is 17.0 Å². The van der Waals surface area contributed by atoms with E-state index >= 15 is 0 Å². The van der Waals surface area contributed by atoms with Crippen LogP contribution >= 0.6 is 0 Å². The van der Waals surface area contributed by atoms with Crippen molar-refractivity contribution >= 4 is 5.97 Å². The van der Waals surface area contributed by atoms with Gasteiger partial charge < -0.3 is 18.9 Å². The second-order valence-electron chi connectivity index (χ2n) is 7.07. The number of fused-ring (bicyclic) bond motifs is 3. The Balaban J connectivity index is 1.70. The minimum atomic E-state index is -0.238.